The third-order valence-corrected chi connectivity index (χ3v) is 4.19. The summed E-state index contributed by atoms with van der Waals surface area (Å²) in [7, 11) is 6.84. The molecule has 3 rings (SSSR count). The van der Waals surface area contributed by atoms with Crippen LogP contribution in [0.5, 0.6) is 17.2 Å². The third kappa shape index (κ3) is 3.86. The molecule has 3 aromatic rings. The second kappa shape index (κ2) is 8.33. The summed E-state index contributed by atoms with van der Waals surface area (Å²) in [6.45, 7) is 0.470. The summed E-state index contributed by atoms with van der Waals surface area (Å²) in [5.74, 6) is 0.863. The Kier molecular flexibility index (Phi) is 6.36. The Balaban J connectivity index is 0.00000261. The SMILES string of the molecule is COc1ccc(OC)c(C(=O)c2coc3ccc(O)c(CN(C)C)c23)c1.[Cl-]. The van der Waals surface area contributed by atoms with Crippen LogP contribution in [0.1, 0.15) is 21.5 Å². The summed E-state index contributed by atoms with van der Waals surface area (Å²) in [6, 6.07) is 8.28. The van der Waals surface area contributed by atoms with E-state index in [0.717, 1.165) is 0 Å². The van der Waals surface area contributed by atoms with Gasteiger partial charge in [-0.15, -0.1) is 0 Å². The summed E-state index contributed by atoms with van der Waals surface area (Å²) in [4.78, 5) is 15.1. The Bertz CT molecular complexity index is 964. The lowest BCUT2D eigenvalue weighted by molar-refractivity contribution is -0.0000148. The van der Waals surface area contributed by atoms with Gasteiger partial charge in [-0.2, -0.15) is 0 Å². The summed E-state index contributed by atoms with van der Waals surface area (Å²) in [5.41, 5.74) is 1.93. The maximum atomic E-state index is 13.2. The van der Waals surface area contributed by atoms with Crippen molar-refractivity contribution in [2.24, 2.45) is 0 Å². The van der Waals surface area contributed by atoms with Crippen molar-refractivity contribution >= 4 is 16.8 Å². The molecule has 0 saturated carbocycles. The van der Waals surface area contributed by atoms with Crippen LogP contribution in [0.3, 0.4) is 0 Å². The number of nitrogens with zero attached hydrogens (tertiary/aromatic N) is 1. The molecule has 6 nitrogen and oxygen atoms in total. The van der Waals surface area contributed by atoms with E-state index in [2.05, 4.69) is 0 Å². The number of ketones is 1. The number of fused-ring (bicyclic) bond motifs is 1. The smallest absolute Gasteiger partial charge is 0.200 e. The molecule has 0 amide bonds. The predicted octanol–water partition coefficient (Wildman–Crippen LogP) is 0.452. The van der Waals surface area contributed by atoms with Crippen molar-refractivity contribution in [3.05, 3.63) is 53.3 Å². The normalized spacial score (nSPS) is 10.7. The molecule has 0 spiro atoms. The molecule has 0 bridgehead atoms. The molecule has 0 aliphatic carbocycles. The first-order valence-electron chi connectivity index (χ1n) is 8.09. The first kappa shape index (κ1) is 20.6. The monoisotopic (exact) mass is 390 g/mol. The molecule has 0 aliphatic rings. The fraction of sp³-hybridized carbons (Fsp3) is 0.250. The Labute approximate surface area is 163 Å². The summed E-state index contributed by atoms with van der Waals surface area (Å²) in [6.07, 6.45) is 1.42. The van der Waals surface area contributed by atoms with E-state index in [-0.39, 0.29) is 23.9 Å². The van der Waals surface area contributed by atoms with Crippen LogP contribution < -0.4 is 21.9 Å². The number of aromatic hydroxyl groups is 1. The van der Waals surface area contributed by atoms with E-state index < -0.39 is 0 Å². The molecular weight excluding hydrogens is 370 g/mol. The second-order valence-electron chi connectivity index (χ2n) is 6.22. The van der Waals surface area contributed by atoms with Crippen LogP contribution in [0.25, 0.3) is 11.0 Å². The Morgan fingerprint density at radius 2 is 1.85 bits per heavy atom. The minimum absolute atomic E-state index is 0. The molecule has 0 radical (unpaired) electrons. The molecule has 0 aliphatic heterocycles. The topological polar surface area (TPSA) is 72.1 Å². The highest BCUT2D eigenvalue weighted by Gasteiger charge is 2.23. The van der Waals surface area contributed by atoms with Gasteiger partial charge in [-0.05, 0) is 44.4 Å². The molecule has 0 fully saturated rings. The van der Waals surface area contributed by atoms with E-state index in [9.17, 15) is 9.90 Å². The van der Waals surface area contributed by atoms with Gasteiger partial charge in [0.25, 0.3) is 0 Å². The molecular formula is C20H21ClNO5-. The molecule has 1 heterocycles. The quantitative estimate of drug-likeness (QED) is 0.616. The number of hydrogen-bond donors (Lipinski definition) is 1. The number of benzene rings is 2. The van der Waals surface area contributed by atoms with Gasteiger partial charge >= 0.3 is 0 Å². The average Bonchev–Trinajstić information content (AvgIpc) is 3.07. The summed E-state index contributed by atoms with van der Waals surface area (Å²) < 4.78 is 16.1. The number of hydrogen-bond acceptors (Lipinski definition) is 6. The highest BCUT2D eigenvalue weighted by atomic mass is 35.5. The van der Waals surface area contributed by atoms with Gasteiger partial charge in [0.1, 0.15) is 29.1 Å². The number of furan rings is 1. The number of ether oxygens (including phenoxy) is 2. The maximum absolute atomic E-state index is 13.2. The third-order valence-electron chi connectivity index (χ3n) is 4.19. The standard InChI is InChI=1S/C20H21NO5.ClH/c1-21(2)10-14-16(22)6-8-18-19(14)15(11-26-18)20(23)13-9-12(24-3)5-7-17(13)25-4;/h5-9,11,22H,10H2,1-4H3;1H/p-1. The van der Waals surface area contributed by atoms with Crippen LogP contribution in [0, 0.1) is 0 Å². The minimum Gasteiger partial charge on any atom is -1.00 e. The van der Waals surface area contributed by atoms with Crippen molar-refractivity contribution in [1.82, 2.24) is 4.90 Å². The number of phenolic OH excluding ortho intramolecular Hbond substituents is 1. The van der Waals surface area contributed by atoms with Crippen LogP contribution >= 0.6 is 0 Å². The first-order valence-corrected chi connectivity index (χ1v) is 8.09. The van der Waals surface area contributed by atoms with Gasteiger partial charge in [0.2, 0.25) is 5.78 Å². The molecule has 7 heteroatoms. The van der Waals surface area contributed by atoms with Gasteiger partial charge in [-0.1, -0.05) is 0 Å². The number of phenols is 1. The molecule has 1 aromatic heterocycles. The van der Waals surface area contributed by atoms with E-state index in [1.165, 1.54) is 20.5 Å². The average molecular weight is 391 g/mol. The molecule has 27 heavy (non-hydrogen) atoms. The summed E-state index contributed by atoms with van der Waals surface area (Å²) in [5, 5.41) is 10.9. The molecule has 1 N–H and O–H groups in total. The maximum Gasteiger partial charge on any atom is 0.200 e. The van der Waals surface area contributed by atoms with Crippen LogP contribution in [-0.4, -0.2) is 44.1 Å². The number of halogens is 1. The van der Waals surface area contributed by atoms with Gasteiger partial charge < -0.3 is 36.3 Å². The van der Waals surface area contributed by atoms with Gasteiger partial charge in [-0.25, -0.2) is 0 Å². The van der Waals surface area contributed by atoms with Crippen molar-refractivity contribution in [2.75, 3.05) is 28.3 Å². The highest BCUT2D eigenvalue weighted by Crippen LogP contribution is 2.35. The van der Waals surface area contributed by atoms with E-state index in [0.29, 0.717) is 45.7 Å². The van der Waals surface area contributed by atoms with Gasteiger partial charge in [0.05, 0.1) is 25.3 Å². The minimum atomic E-state index is -0.259. The van der Waals surface area contributed by atoms with Crippen molar-refractivity contribution in [3.8, 4) is 17.2 Å². The molecule has 0 atom stereocenters. The first-order chi connectivity index (χ1) is 12.5. The zero-order chi connectivity index (χ0) is 18.8. The molecule has 0 saturated heterocycles. The molecule has 2 aromatic carbocycles. The fourth-order valence-corrected chi connectivity index (χ4v) is 2.97. The van der Waals surface area contributed by atoms with Gasteiger partial charge in [0.15, 0.2) is 0 Å². The molecule has 0 unspecified atom stereocenters. The lowest BCUT2D eigenvalue weighted by Crippen LogP contribution is -3.00. The number of carbonyl (C=O) groups is 1. The van der Waals surface area contributed by atoms with Crippen LogP contribution in [0.2, 0.25) is 0 Å². The Morgan fingerprint density at radius 1 is 1.11 bits per heavy atom. The number of carbonyl (C=O) groups excluding carboxylic acids is 1. The number of rotatable bonds is 6. The van der Waals surface area contributed by atoms with Crippen LogP contribution in [0.4, 0.5) is 0 Å². The highest BCUT2D eigenvalue weighted by molar-refractivity contribution is 6.18. The van der Waals surface area contributed by atoms with E-state index >= 15 is 0 Å². The zero-order valence-electron chi connectivity index (χ0n) is 15.6. The second-order valence-corrected chi connectivity index (χ2v) is 6.22. The number of methoxy groups -OCH3 is 2. The van der Waals surface area contributed by atoms with E-state index in [4.69, 9.17) is 13.9 Å². The van der Waals surface area contributed by atoms with E-state index in [1.54, 1.807) is 30.3 Å². The zero-order valence-corrected chi connectivity index (χ0v) is 16.3. The van der Waals surface area contributed by atoms with Crippen LogP contribution in [0.15, 0.2) is 41.0 Å². The van der Waals surface area contributed by atoms with Crippen molar-refractivity contribution in [1.29, 1.82) is 0 Å². The fourth-order valence-electron chi connectivity index (χ4n) is 2.97. The lowest BCUT2D eigenvalue weighted by atomic mass is 9.98. The van der Waals surface area contributed by atoms with Gasteiger partial charge in [-0.3, -0.25) is 4.79 Å². The molecule has 144 valence electrons. The van der Waals surface area contributed by atoms with Crippen molar-refractivity contribution < 1.29 is 36.2 Å². The Hall–Kier alpha value is -2.70. The van der Waals surface area contributed by atoms with Crippen molar-refractivity contribution in [2.45, 2.75) is 6.54 Å². The predicted molar refractivity (Wildman–Crippen MR) is 98.2 cm³/mol. The summed E-state index contributed by atoms with van der Waals surface area (Å²) >= 11 is 0. The van der Waals surface area contributed by atoms with Crippen molar-refractivity contribution in [3.63, 3.8) is 0 Å². The Morgan fingerprint density at radius 3 is 2.48 bits per heavy atom. The van der Waals surface area contributed by atoms with Gasteiger partial charge in [0, 0.05) is 17.5 Å². The lowest BCUT2D eigenvalue weighted by Gasteiger charge is -2.13. The largest absolute Gasteiger partial charge is 1.00 e. The van der Waals surface area contributed by atoms with Crippen LogP contribution in [-0.2, 0) is 6.54 Å². The van der Waals surface area contributed by atoms with E-state index in [1.807, 2.05) is 19.0 Å².